The van der Waals surface area contributed by atoms with Crippen molar-refractivity contribution in [1.29, 1.82) is 0 Å². The number of nitrogens with zero attached hydrogens (tertiary/aromatic N) is 1. The van der Waals surface area contributed by atoms with Crippen molar-refractivity contribution in [2.45, 2.75) is 46.1 Å². The lowest BCUT2D eigenvalue weighted by molar-refractivity contribution is 0.112. The summed E-state index contributed by atoms with van der Waals surface area (Å²) in [4.78, 5) is 11.4. The molecule has 3 aromatic rings. The Hall–Kier alpha value is -2.55. The van der Waals surface area contributed by atoms with Gasteiger partial charge in [0.2, 0.25) is 0 Å². The summed E-state index contributed by atoms with van der Waals surface area (Å²) in [5, 5.41) is 1.02. The molecule has 3 heteroatoms. The van der Waals surface area contributed by atoms with Crippen LogP contribution in [0.2, 0.25) is 0 Å². The van der Waals surface area contributed by atoms with Crippen molar-refractivity contribution in [3.05, 3.63) is 65.4 Å². The molecule has 3 nitrogen and oxygen atoms in total. The summed E-state index contributed by atoms with van der Waals surface area (Å²) in [6, 6.07) is 14.5. The fourth-order valence-corrected chi connectivity index (χ4v) is 3.33. The number of carbonyl (C=O) groups is 1. The number of para-hydroxylation sites is 1. The van der Waals surface area contributed by atoms with E-state index in [0.29, 0.717) is 13.2 Å². The Morgan fingerprint density at radius 1 is 1.08 bits per heavy atom. The van der Waals surface area contributed by atoms with Crippen LogP contribution in [-0.2, 0) is 18.4 Å². The van der Waals surface area contributed by atoms with Crippen LogP contribution in [0.1, 0.15) is 49.2 Å². The van der Waals surface area contributed by atoms with Gasteiger partial charge in [0.05, 0.1) is 12.1 Å². The van der Waals surface area contributed by atoms with Crippen molar-refractivity contribution >= 4 is 17.2 Å². The molecule has 0 aliphatic rings. The maximum absolute atomic E-state index is 11.4. The number of fused-ring (bicyclic) bond motifs is 1. The highest BCUT2D eigenvalue weighted by atomic mass is 16.5. The van der Waals surface area contributed by atoms with E-state index in [0.717, 1.165) is 34.9 Å². The molecule has 0 atom stereocenters. The van der Waals surface area contributed by atoms with Crippen LogP contribution in [-0.4, -0.2) is 17.5 Å². The van der Waals surface area contributed by atoms with Gasteiger partial charge in [0.15, 0.2) is 6.29 Å². The van der Waals surface area contributed by atoms with Crippen LogP contribution in [0, 0.1) is 0 Å². The number of hydrogen-bond acceptors (Lipinski definition) is 2. The maximum Gasteiger partial charge on any atom is 0.152 e. The summed E-state index contributed by atoms with van der Waals surface area (Å²) in [6.07, 6.45) is 3.81. The normalized spacial score (nSPS) is 11.7. The average Bonchev–Trinajstić information content (AvgIpc) is 2.99. The van der Waals surface area contributed by atoms with Gasteiger partial charge in [-0.3, -0.25) is 4.79 Å². The van der Waals surface area contributed by atoms with Gasteiger partial charge in [-0.05, 0) is 35.1 Å². The lowest BCUT2D eigenvalue weighted by Crippen LogP contribution is -2.11. The van der Waals surface area contributed by atoms with Gasteiger partial charge in [0, 0.05) is 17.1 Å². The van der Waals surface area contributed by atoms with Crippen LogP contribution in [0.3, 0.4) is 0 Å². The summed E-state index contributed by atoms with van der Waals surface area (Å²) >= 11 is 0. The summed E-state index contributed by atoms with van der Waals surface area (Å²) in [6.45, 7) is 10.0. The van der Waals surface area contributed by atoms with Crippen molar-refractivity contribution in [3.63, 3.8) is 0 Å². The first-order valence-electron chi connectivity index (χ1n) is 9.23. The first-order valence-corrected chi connectivity index (χ1v) is 9.23. The molecular formula is C23H27NO2. The zero-order valence-corrected chi connectivity index (χ0v) is 16.1. The zero-order valence-electron chi connectivity index (χ0n) is 16.1. The van der Waals surface area contributed by atoms with Crippen molar-refractivity contribution in [2.24, 2.45) is 0 Å². The van der Waals surface area contributed by atoms with E-state index in [1.54, 1.807) is 0 Å². The minimum atomic E-state index is 0.143. The van der Waals surface area contributed by atoms with Crippen LogP contribution in [0.4, 0.5) is 0 Å². The highest BCUT2D eigenvalue weighted by molar-refractivity contribution is 5.98. The maximum atomic E-state index is 11.4. The predicted octanol–water partition coefficient (Wildman–Crippen LogP) is 5.39. The molecule has 0 bridgehead atoms. The highest BCUT2D eigenvalue weighted by Crippen LogP contribution is 2.26. The molecule has 3 rings (SSSR count). The van der Waals surface area contributed by atoms with Crippen molar-refractivity contribution in [3.8, 4) is 5.75 Å². The fraction of sp³-hybridized carbons (Fsp3) is 0.348. The topological polar surface area (TPSA) is 31.2 Å². The number of carbonyl (C=O) groups excluding carboxylic acids is 1. The van der Waals surface area contributed by atoms with Gasteiger partial charge in [-0.1, -0.05) is 58.0 Å². The Morgan fingerprint density at radius 2 is 1.81 bits per heavy atom. The summed E-state index contributed by atoms with van der Waals surface area (Å²) in [7, 11) is 0. The Labute approximate surface area is 155 Å². The number of aryl methyl sites for hydroxylation is 1. The number of ether oxygens (including phenoxy) is 1. The lowest BCUT2D eigenvalue weighted by Gasteiger charge is -2.19. The quantitative estimate of drug-likeness (QED) is 0.559. The molecule has 0 saturated carbocycles. The van der Waals surface area contributed by atoms with E-state index in [9.17, 15) is 4.79 Å². The lowest BCUT2D eigenvalue weighted by atomic mass is 9.87. The molecule has 1 heterocycles. The summed E-state index contributed by atoms with van der Waals surface area (Å²) in [5.41, 5.74) is 4.58. The second-order valence-electron chi connectivity index (χ2n) is 7.69. The SMILES string of the molecule is CCc1cccc2c(C=O)cn(CCOc3ccc(C(C)(C)C)cc3)c12. The average molecular weight is 349 g/mol. The van der Waals surface area contributed by atoms with Crippen molar-refractivity contribution in [1.82, 2.24) is 4.57 Å². The van der Waals surface area contributed by atoms with E-state index in [1.807, 2.05) is 30.5 Å². The predicted molar refractivity (Wildman–Crippen MR) is 107 cm³/mol. The smallest absolute Gasteiger partial charge is 0.152 e. The first kappa shape index (κ1) is 18.2. The molecule has 26 heavy (non-hydrogen) atoms. The van der Waals surface area contributed by atoms with Crippen molar-refractivity contribution < 1.29 is 9.53 Å². The van der Waals surface area contributed by atoms with Gasteiger partial charge in [-0.25, -0.2) is 0 Å². The molecule has 1 aromatic heterocycles. The largest absolute Gasteiger partial charge is 0.492 e. The van der Waals surface area contributed by atoms with Gasteiger partial charge < -0.3 is 9.30 Å². The standard InChI is InChI=1S/C23H27NO2/c1-5-17-7-6-8-21-18(16-25)15-24(22(17)21)13-14-26-20-11-9-19(10-12-20)23(2,3)4/h6-12,15-16H,5,13-14H2,1-4H3. The third kappa shape index (κ3) is 3.67. The van der Waals surface area contributed by atoms with Crippen LogP contribution in [0.15, 0.2) is 48.7 Å². The van der Waals surface area contributed by atoms with E-state index in [1.165, 1.54) is 11.1 Å². The van der Waals surface area contributed by atoms with Gasteiger partial charge in [0.1, 0.15) is 12.4 Å². The highest BCUT2D eigenvalue weighted by Gasteiger charge is 2.13. The third-order valence-corrected chi connectivity index (χ3v) is 4.84. The number of rotatable bonds is 6. The second-order valence-corrected chi connectivity index (χ2v) is 7.69. The van der Waals surface area contributed by atoms with Crippen molar-refractivity contribution in [2.75, 3.05) is 6.61 Å². The molecule has 0 radical (unpaired) electrons. The Kier molecular flexibility index (Phi) is 5.17. The molecular weight excluding hydrogens is 322 g/mol. The number of aromatic nitrogens is 1. The van der Waals surface area contributed by atoms with Crippen LogP contribution in [0.5, 0.6) is 5.75 Å². The molecule has 0 aliphatic carbocycles. The van der Waals surface area contributed by atoms with Crippen LogP contribution in [0.25, 0.3) is 10.9 Å². The summed E-state index contributed by atoms with van der Waals surface area (Å²) in [5.74, 6) is 0.876. The Balaban J connectivity index is 1.75. The van der Waals surface area contributed by atoms with E-state index in [-0.39, 0.29) is 5.41 Å². The molecule has 0 aliphatic heterocycles. The minimum absolute atomic E-state index is 0.143. The monoisotopic (exact) mass is 349 g/mol. The molecule has 2 aromatic carbocycles. The number of benzene rings is 2. The van der Waals surface area contributed by atoms with E-state index < -0.39 is 0 Å². The van der Waals surface area contributed by atoms with Gasteiger partial charge in [-0.15, -0.1) is 0 Å². The molecule has 0 spiro atoms. The molecule has 0 N–H and O–H groups in total. The van der Waals surface area contributed by atoms with Gasteiger partial charge in [0.25, 0.3) is 0 Å². The van der Waals surface area contributed by atoms with E-state index in [4.69, 9.17) is 4.74 Å². The zero-order chi connectivity index (χ0) is 18.7. The molecule has 0 amide bonds. The Bertz CT molecular complexity index is 898. The number of aldehydes is 1. The van der Waals surface area contributed by atoms with Gasteiger partial charge in [-0.2, -0.15) is 0 Å². The molecule has 136 valence electrons. The second kappa shape index (κ2) is 7.36. The minimum Gasteiger partial charge on any atom is -0.492 e. The molecule has 0 unspecified atom stereocenters. The molecule has 0 saturated heterocycles. The van der Waals surface area contributed by atoms with E-state index in [2.05, 4.69) is 50.5 Å². The molecule has 0 fully saturated rings. The summed E-state index contributed by atoms with van der Waals surface area (Å²) < 4.78 is 8.07. The van der Waals surface area contributed by atoms with Crippen LogP contribution >= 0.6 is 0 Å². The van der Waals surface area contributed by atoms with E-state index >= 15 is 0 Å². The third-order valence-electron chi connectivity index (χ3n) is 4.84. The Morgan fingerprint density at radius 3 is 2.42 bits per heavy atom. The first-order chi connectivity index (χ1) is 12.4. The van der Waals surface area contributed by atoms with Crippen LogP contribution < -0.4 is 4.74 Å². The number of hydrogen-bond donors (Lipinski definition) is 0. The fourth-order valence-electron chi connectivity index (χ4n) is 3.33. The van der Waals surface area contributed by atoms with Gasteiger partial charge >= 0.3 is 0 Å².